The van der Waals surface area contributed by atoms with E-state index in [-0.39, 0.29) is 15.7 Å². The predicted molar refractivity (Wildman–Crippen MR) is 82.1 cm³/mol. The van der Waals surface area contributed by atoms with E-state index >= 15 is 0 Å². The van der Waals surface area contributed by atoms with E-state index in [2.05, 4.69) is 30.0 Å². The molecule has 0 unspecified atom stereocenters. The van der Waals surface area contributed by atoms with Crippen LogP contribution in [0.1, 0.15) is 30.6 Å². The van der Waals surface area contributed by atoms with Crippen molar-refractivity contribution in [2.45, 2.75) is 20.3 Å². The van der Waals surface area contributed by atoms with Gasteiger partial charge in [0.2, 0.25) is 0 Å². The van der Waals surface area contributed by atoms with Gasteiger partial charge in [0.05, 0.1) is 5.56 Å². The first-order valence-corrected chi connectivity index (χ1v) is 6.98. The topological polar surface area (TPSA) is 53.2 Å². The summed E-state index contributed by atoms with van der Waals surface area (Å²) in [5.74, 6) is -0.731. The number of nitrogens with one attached hydrogen (secondary N) is 3. The van der Waals surface area contributed by atoms with Crippen molar-refractivity contribution < 1.29 is 9.18 Å². The van der Waals surface area contributed by atoms with Gasteiger partial charge >= 0.3 is 0 Å². The molecule has 0 aliphatic carbocycles. The normalized spacial score (nSPS) is 10.2. The molecule has 0 saturated carbocycles. The molecule has 0 aliphatic heterocycles. The highest BCUT2D eigenvalue weighted by Crippen LogP contribution is 2.14. The van der Waals surface area contributed by atoms with Crippen molar-refractivity contribution in [1.29, 1.82) is 0 Å². The molecule has 110 valence electrons. The van der Waals surface area contributed by atoms with Crippen LogP contribution in [0.3, 0.4) is 0 Å². The highest BCUT2D eigenvalue weighted by molar-refractivity contribution is 7.80. The first kappa shape index (κ1) is 16.7. The maximum atomic E-state index is 13.4. The Bertz CT molecular complexity index is 497. The molecule has 3 N–H and O–H groups in total. The molecule has 1 amide bonds. The number of hydrogen-bond donors (Lipinski definition) is 3. The smallest absolute Gasteiger partial charge is 0.272 e. The second kappa shape index (κ2) is 8.01. The largest absolute Gasteiger partial charge is 0.361 e. The van der Waals surface area contributed by atoms with Crippen LogP contribution < -0.4 is 16.2 Å². The fourth-order valence-electron chi connectivity index (χ4n) is 1.37. The lowest BCUT2D eigenvalue weighted by Gasteiger charge is -2.12. The summed E-state index contributed by atoms with van der Waals surface area (Å²) < 4.78 is 13.4. The van der Waals surface area contributed by atoms with E-state index in [9.17, 15) is 9.18 Å². The number of thiocarbonyl (C=S) groups is 1. The van der Waals surface area contributed by atoms with Gasteiger partial charge in [-0.05, 0) is 42.8 Å². The summed E-state index contributed by atoms with van der Waals surface area (Å²) in [5, 5.41) is 3.50. The van der Waals surface area contributed by atoms with Crippen molar-refractivity contribution in [3.05, 3.63) is 34.6 Å². The summed E-state index contributed by atoms with van der Waals surface area (Å²) in [6.07, 6.45) is 0.957. The monoisotopic (exact) mass is 317 g/mol. The Morgan fingerprint density at radius 3 is 2.75 bits per heavy atom. The summed E-state index contributed by atoms with van der Waals surface area (Å²) in [7, 11) is 0. The Balaban J connectivity index is 2.43. The molecule has 7 heteroatoms. The third kappa shape index (κ3) is 5.71. The maximum absolute atomic E-state index is 13.4. The van der Waals surface area contributed by atoms with Gasteiger partial charge in [0.15, 0.2) is 5.11 Å². The van der Waals surface area contributed by atoms with Crippen molar-refractivity contribution in [2.75, 3.05) is 6.54 Å². The van der Waals surface area contributed by atoms with Crippen molar-refractivity contribution in [3.63, 3.8) is 0 Å². The number of halogens is 2. The second-order valence-corrected chi connectivity index (χ2v) is 5.49. The van der Waals surface area contributed by atoms with Crippen LogP contribution in [0.2, 0.25) is 5.02 Å². The molecule has 0 saturated heterocycles. The van der Waals surface area contributed by atoms with E-state index in [1.165, 1.54) is 12.1 Å². The van der Waals surface area contributed by atoms with Crippen molar-refractivity contribution in [2.24, 2.45) is 5.92 Å². The second-order valence-electron chi connectivity index (χ2n) is 4.64. The highest BCUT2D eigenvalue weighted by atomic mass is 35.5. The average Bonchev–Trinajstić information content (AvgIpc) is 2.38. The predicted octanol–water partition coefficient (Wildman–Crippen LogP) is 2.63. The van der Waals surface area contributed by atoms with Gasteiger partial charge in [-0.1, -0.05) is 25.4 Å². The van der Waals surface area contributed by atoms with Crippen LogP contribution in [-0.4, -0.2) is 17.6 Å². The highest BCUT2D eigenvalue weighted by Gasteiger charge is 2.12. The summed E-state index contributed by atoms with van der Waals surface area (Å²) in [4.78, 5) is 11.7. The molecule has 0 heterocycles. The number of hydrazine groups is 1. The van der Waals surface area contributed by atoms with Gasteiger partial charge in [-0.3, -0.25) is 15.6 Å². The van der Waals surface area contributed by atoms with Crippen molar-refractivity contribution in [1.82, 2.24) is 16.2 Å². The maximum Gasteiger partial charge on any atom is 0.272 e. The zero-order valence-corrected chi connectivity index (χ0v) is 12.9. The minimum Gasteiger partial charge on any atom is -0.361 e. The minimum atomic E-state index is -0.646. The van der Waals surface area contributed by atoms with Crippen molar-refractivity contribution in [3.8, 4) is 0 Å². The van der Waals surface area contributed by atoms with Crippen LogP contribution in [0.4, 0.5) is 4.39 Å². The van der Waals surface area contributed by atoms with Crippen LogP contribution in [-0.2, 0) is 0 Å². The molecule has 1 aromatic rings. The first-order valence-electron chi connectivity index (χ1n) is 6.19. The Hall–Kier alpha value is -1.40. The lowest BCUT2D eigenvalue weighted by molar-refractivity contribution is 0.0939. The molecule has 0 atom stereocenters. The molecule has 0 fully saturated rings. The van der Waals surface area contributed by atoms with Crippen LogP contribution in [0.15, 0.2) is 18.2 Å². The summed E-state index contributed by atoms with van der Waals surface area (Å²) >= 11 is 10.7. The molecule has 1 aromatic carbocycles. The van der Waals surface area contributed by atoms with E-state index in [4.69, 9.17) is 23.8 Å². The number of amides is 1. The molecule has 0 spiro atoms. The van der Waals surface area contributed by atoms with Crippen molar-refractivity contribution >= 4 is 34.8 Å². The lowest BCUT2D eigenvalue weighted by Crippen LogP contribution is -2.47. The molecule has 1 rings (SSSR count). The van der Waals surface area contributed by atoms with Crippen LogP contribution in [0, 0.1) is 11.7 Å². The van der Waals surface area contributed by atoms with Gasteiger partial charge in [-0.15, -0.1) is 0 Å². The van der Waals surface area contributed by atoms with Gasteiger partial charge in [0.1, 0.15) is 5.82 Å². The summed E-state index contributed by atoms with van der Waals surface area (Å²) in [6.45, 7) is 4.90. The van der Waals surface area contributed by atoms with Gasteiger partial charge < -0.3 is 5.32 Å². The SMILES string of the molecule is CC(C)CCNC(=S)NNC(=O)c1cc(Cl)ccc1F. The Labute approximate surface area is 128 Å². The van der Waals surface area contributed by atoms with E-state index < -0.39 is 11.7 Å². The first-order chi connectivity index (χ1) is 9.40. The van der Waals surface area contributed by atoms with E-state index in [1.54, 1.807) is 0 Å². The Kier molecular flexibility index (Phi) is 6.67. The van der Waals surface area contributed by atoms with Gasteiger partial charge in [-0.2, -0.15) is 0 Å². The van der Waals surface area contributed by atoms with Crippen LogP contribution in [0.25, 0.3) is 0 Å². The number of rotatable bonds is 4. The van der Waals surface area contributed by atoms with Gasteiger partial charge in [0.25, 0.3) is 5.91 Å². The molecule has 0 aromatic heterocycles. The standard InChI is InChI=1S/C13H17ClFN3OS/c1-8(2)5-6-16-13(20)18-17-12(19)10-7-9(14)3-4-11(10)15/h3-4,7-8H,5-6H2,1-2H3,(H,17,19)(H2,16,18,20). The molecule has 4 nitrogen and oxygen atoms in total. The molecular formula is C13H17ClFN3OS. The average molecular weight is 318 g/mol. The molecule has 0 aliphatic rings. The zero-order chi connectivity index (χ0) is 15.1. The lowest BCUT2D eigenvalue weighted by atomic mass is 10.1. The number of hydrogen-bond acceptors (Lipinski definition) is 2. The zero-order valence-electron chi connectivity index (χ0n) is 11.3. The molecule has 0 bridgehead atoms. The van der Waals surface area contributed by atoms with Crippen LogP contribution in [0.5, 0.6) is 0 Å². The Morgan fingerprint density at radius 1 is 1.40 bits per heavy atom. The van der Waals surface area contributed by atoms with E-state index in [0.29, 0.717) is 12.5 Å². The van der Waals surface area contributed by atoms with Gasteiger partial charge in [-0.25, -0.2) is 4.39 Å². The number of benzene rings is 1. The van der Waals surface area contributed by atoms with Crippen LogP contribution >= 0.6 is 23.8 Å². The third-order valence-electron chi connectivity index (χ3n) is 2.47. The van der Waals surface area contributed by atoms with E-state index in [1.807, 2.05) is 0 Å². The Morgan fingerprint density at radius 2 is 2.10 bits per heavy atom. The fourth-order valence-corrected chi connectivity index (χ4v) is 1.70. The quantitative estimate of drug-likeness (QED) is 0.590. The summed E-state index contributed by atoms with van der Waals surface area (Å²) in [6, 6.07) is 3.76. The number of carbonyl (C=O) groups excluding carboxylic acids is 1. The minimum absolute atomic E-state index is 0.144. The fraction of sp³-hybridized carbons (Fsp3) is 0.385. The molecular weight excluding hydrogens is 301 g/mol. The van der Waals surface area contributed by atoms with Gasteiger partial charge in [0, 0.05) is 11.6 Å². The third-order valence-corrected chi connectivity index (χ3v) is 2.95. The van der Waals surface area contributed by atoms with E-state index in [0.717, 1.165) is 12.5 Å². The number of carbonyl (C=O) groups is 1. The summed E-state index contributed by atoms with van der Waals surface area (Å²) in [5.41, 5.74) is 4.68. The molecule has 0 radical (unpaired) electrons. The molecule has 20 heavy (non-hydrogen) atoms.